The quantitative estimate of drug-likeness (QED) is 0.534. The Kier molecular flexibility index (Phi) is 4.53. The zero-order valence-electron chi connectivity index (χ0n) is 9.22. The lowest BCUT2D eigenvalue weighted by Crippen LogP contribution is -2.27. The minimum atomic E-state index is 0.374. The summed E-state index contributed by atoms with van der Waals surface area (Å²) in [5, 5.41) is 1.06. The lowest BCUT2D eigenvalue weighted by molar-refractivity contribution is 0.173. The molecule has 16 heavy (non-hydrogen) atoms. The van der Waals surface area contributed by atoms with E-state index in [1.807, 2.05) is 12.1 Å². The molecule has 0 spiro atoms. The molecule has 1 saturated carbocycles. The fraction of sp³-hybridized carbons (Fsp3) is 0.538. The number of halogens is 2. The Labute approximate surface area is 119 Å². The van der Waals surface area contributed by atoms with Crippen LogP contribution in [0.1, 0.15) is 25.7 Å². The SMILES string of the molecule is BrCC1(COc2ccccc2I)CCCC1. The summed E-state index contributed by atoms with van der Waals surface area (Å²) in [4.78, 5) is 0. The average Bonchev–Trinajstić information content (AvgIpc) is 2.78. The predicted octanol–water partition coefficient (Wildman–Crippen LogP) is 4.63. The van der Waals surface area contributed by atoms with Crippen LogP contribution in [0.25, 0.3) is 0 Å². The summed E-state index contributed by atoms with van der Waals surface area (Å²) in [6, 6.07) is 8.22. The van der Waals surface area contributed by atoms with E-state index in [0.717, 1.165) is 17.7 Å². The molecule has 88 valence electrons. The molecule has 1 nitrogen and oxygen atoms in total. The number of benzene rings is 1. The summed E-state index contributed by atoms with van der Waals surface area (Å²) in [5.41, 5.74) is 0.374. The van der Waals surface area contributed by atoms with Crippen LogP contribution in [0, 0.1) is 8.99 Å². The molecule has 2 rings (SSSR count). The summed E-state index contributed by atoms with van der Waals surface area (Å²) < 4.78 is 7.17. The van der Waals surface area contributed by atoms with Crippen LogP contribution in [0.3, 0.4) is 0 Å². The highest BCUT2D eigenvalue weighted by Crippen LogP contribution is 2.40. The Morgan fingerprint density at radius 1 is 1.25 bits per heavy atom. The molecular weight excluding hydrogens is 379 g/mol. The maximum absolute atomic E-state index is 5.98. The maximum atomic E-state index is 5.98. The van der Waals surface area contributed by atoms with E-state index in [1.165, 1.54) is 29.3 Å². The Bertz CT molecular complexity index is 348. The highest BCUT2D eigenvalue weighted by Gasteiger charge is 2.33. The summed E-state index contributed by atoms with van der Waals surface area (Å²) in [6.07, 6.45) is 5.28. The molecular formula is C13H16BrIO. The Morgan fingerprint density at radius 3 is 2.56 bits per heavy atom. The highest BCUT2D eigenvalue weighted by atomic mass is 127. The van der Waals surface area contributed by atoms with Crippen LogP contribution >= 0.6 is 38.5 Å². The first-order valence-corrected chi connectivity index (χ1v) is 7.89. The smallest absolute Gasteiger partial charge is 0.132 e. The topological polar surface area (TPSA) is 9.23 Å². The van der Waals surface area contributed by atoms with Crippen LogP contribution in [-0.2, 0) is 0 Å². The van der Waals surface area contributed by atoms with Gasteiger partial charge in [0.1, 0.15) is 5.75 Å². The van der Waals surface area contributed by atoms with Crippen LogP contribution in [-0.4, -0.2) is 11.9 Å². The number of alkyl halides is 1. The van der Waals surface area contributed by atoms with Crippen LogP contribution < -0.4 is 4.74 Å². The van der Waals surface area contributed by atoms with Crippen molar-refractivity contribution in [3.8, 4) is 5.75 Å². The number of ether oxygens (including phenoxy) is 1. The van der Waals surface area contributed by atoms with Gasteiger partial charge in [-0.2, -0.15) is 0 Å². The standard InChI is InChI=1S/C13H16BrIO/c14-9-13(7-3-4-8-13)10-16-12-6-2-1-5-11(12)15/h1-2,5-6H,3-4,7-10H2. The van der Waals surface area contributed by atoms with Crippen molar-refractivity contribution in [2.24, 2.45) is 5.41 Å². The second-order valence-corrected chi connectivity index (χ2v) is 6.28. The van der Waals surface area contributed by atoms with Gasteiger partial charge in [-0.3, -0.25) is 0 Å². The molecule has 0 N–H and O–H groups in total. The Hall–Kier alpha value is 0.230. The van der Waals surface area contributed by atoms with E-state index in [1.54, 1.807) is 0 Å². The fourth-order valence-corrected chi connectivity index (χ4v) is 3.50. The van der Waals surface area contributed by atoms with Gasteiger partial charge in [0.25, 0.3) is 0 Å². The summed E-state index contributed by atoms with van der Waals surface area (Å²) in [5.74, 6) is 1.02. The molecule has 0 aromatic heterocycles. The monoisotopic (exact) mass is 394 g/mol. The van der Waals surface area contributed by atoms with Crippen molar-refractivity contribution >= 4 is 38.5 Å². The van der Waals surface area contributed by atoms with E-state index in [0.29, 0.717) is 5.41 Å². The highest BCUT2D eigenvalue weighted by molar-refractivity contribution is 14.1. The summed E-state index contributed by atoms with van der Waals surface area (Å²) in [7, 11) is 0. The molecule has 0 radical (unpaired) electrons. The molecule has 0 heterocycles. The molecule has 1 aromatic rings. The number of rotatable bonds is 4. The molecule has 0 aliphatic heterocycles. The van der Waals surface area contributed by atoms with Gasteiger partial charge in [-0.05, 0) is 47.6 Å². The first kappa shape index (κ1) is 12.7. The van der Waals surface area contributed by atoms with Gasteiger partial charge in [-0.25, -0.2) is 0 Å². The van der Waals surface area contributed by atoms with Gasteiger partial charge in [-0.1, -0.05) is 40.9 Å². The molecule has 0 saturated heterocycles. The third-order valence-electron chi connectivity index (χ3n) is 3.32. The van der Waals surface area contributed by atoms with Gasteiger partial charge in [-0.15, -0.1) is 0 Å². The zero-order chi connectivity index (χ0) is 11.4. The molecule has 3 heteroatoms. The van der Waals surface area contributed by atoms with Crippen molar-refractivity contribution in [1.82, 2.24) is 0 Å². The third kappa shape index (κ3) is 2.92. The molecule has 1 aliphatic rings. The van der Waals surface area contributed by atoms with Gasteiger partial charge in [0.2, 0.25) is 0 Å². The van der Waals surface area contributed by atoms with Crippen LogP contribution in [0.4, 0.5) is 0 Å². The van der Waals surface area contributed by atoms with E-state index < -0.39 is 0 Å². The largest absolute Gasteiger partial charge is 0.492 e. The second kappa shape index (κ2) is 5.71. The molecule has 0 unspecified atom stereocenters. The molecule has 1 aromatic carbocycles. The first-order chi connectivity index (χ1) is 7.76. The van der Waals surface area contributed by atoms with Crippen molar-refractivity contribution < 1.29 is 4.74 Å². The Balaban J connectivity index is 1.98. The van der Waals surface area contributed by atoms with Crippen LogP contribution in [0.15, 0.2) is 24.3 Å². The number of hydrogen-bond acceptors (Lipinski definition) is 1. The molecule has 0 atom stereocenters. The van der Waals surface area contributed by atoms with Gasteiger partial charge < -0.3 is 4.74 Å². The lowest BCUT2D eigenvalue weighted by atomic mass is 9.90. The first-order valence-electron chi connectivity index (χ1n) is 5.69. The average molecular weight is 395 g/mol. The van der Waals surface area contributed by atoms with E-state index >= 15 is 0 Å². The van der Waals surface area contributed by atoms with Crippen LogP contribution in [0.2, 0.25) is 0 Å². The van der Waals surface area contributed by atoms with Crippen molar-refractivity contribution in [2.75, 3.05) is 11.9 Å². The lowest BCUT2D eigenvalue weighted by Gasteiger charge is -2.26. The van der Waals surface area contributed by atoms with Crippen molar-refractivity contribution in [2.45, 2.75) is 25.7 Å². The zero-order valence-corrected chi connectivity index (χ0v) is 13.0. The van der Waals surface area contributed by atoms with Gasteiger partial charge in [0, 0.05) is 10.7 Å². The summed E-state index contributed by atoms with van der Waals surface area (Å²) >= 11 is 5.97. The minimum Gasteiger partial charge on any atom is -0.492 e. The van der Waals surface area contributed by atoms with E-state index in [4.69, 9.17) is 4.74 Å². The molecule has 1 fully saturated rings. The second-order valence-electron chi connectivity index (χ2n) is 4.56. The fourth-order valence-electron chi connectivity index (χ4n) is 2.23. The summed E-state index contributed by atoms with van der Waals surface area (Å²) in [6.45, 7) is 0.846. The predicted molar refractivity (Wildman–Crippen MR) is 79.3 cm³/mol. The Morgan fingerprint density at radius 2 is 1.94 bits per heavy atom. The van der Waals surface area contributed by atoms with Gasteiger partial charge in [0.05, 0.1) is 10.2 Å². The molecule has 0 bridgehead atoms. The van der Waals surface area contributed by atoms with Crippen molar-refractivity contribution in [3.63, 3.8) is 0 Å². The number of para-hydroxylation sites is 1. The van der Waals surface area contributed by atoms with E-state index in [2.05, 4.69) is 50.7 Å². The molecule has 1 aliphatic carbocycles. The third-order valence-corrected chi connectivity index (χ3v) is 5.40. The van der Waals surface area contributed by atoms with Crippen molar-refractivity contribution in [1.29, 1.82) is 0 Å². The molecule has 0 amide bonds. The normalized spacial score (nSPS) is 18.6. The number of hydrogen-bond donors (Lipinski definition) is 0. The van der Waals surface area contributed by atoms with Gasteiger partial charge in [0.15, 0.2) is 0 Å². The van der Waals surface area contributed by atoms with Crippen molar-refractivity contribution in [3.05, 3.63) is 27.8 Å². The van der Waals surface area contributed by atoms with Gasteiger partial charge >= 0.3 is 0 Å². The van der Waals surface area contributed by atoms with E-state index in [-0.39, 0.29) is 0 Å². The minimum absolute atomic E-state index is 0.374. The maximum Gasteiger partial charge on any atom is 0.132 e. The van der Waals surface area contributed by atoms with E-state index in [9.17, 15) is 0 Å². The van der Waals surface area contributed by atoms with Crippen LogP contribution in [0.5, 0.6) is 5.75 Å².